The van der Waals surface area contributed by atoms with Gasteiger partial charge in [-0.25, -0.2) is 4.68 Å². The van der Waals surface area contributed by atoms with E-state index in [1.807, 2.05) is 30.3 Å². The largest absolute Gasteiger partial charge is 0.377 e. The molecule has 0 radical (unpaired) electrons. The molecule has 0 spiro atoms. The quantitative estimate of drug-likeness (QED) is 0.746. The smallest absolute Gasteiger partial charge is 0.275 e. The molecule has 4 nitrogen and oxygen atoms in total. The Kier molecular flexibility index (Phi) is 3.46. The van der Waals surface area contributed by atoms with Crippen molar-refractivity contribution in [2.24, 2.45) is 0 Å². The molecule has 0 unspecified atom stereocenters. The first-order chi connectivity index (χ1) is 11.3. The van der Waals surface area contributed by atoms with E-state index >= 15 is 0 Å². The fourth-order valence-electron chi connectivity index (χ4n) is 2.97. The molecule has 0 N–H and O–H groups in total. The van der Waals surface area contributed by atoms with Gasteiger partial charge in [-0.1, -0.05) is 43.3 Å². The second kappa shape index (κ2) is 5.63. The van der Waals surface area contributed by atoms with Gasteiger partial charge in [0.1, 0.15) is 6.04 Å². The monoisotopic (exact) mass is 306 g/mol. The highest BCUT2D eigenvalue weighted by Crippen LogP contribution is 2.27. The Hall–Kier alpha value is -2.46. The zero-order chi connectivity index (χ0) is 15.8. The molecule has 1 fully saturated rings. The minimum absolute atomic E-state index is 0.0377. The van der Waals surface area contributed by atoms with Crippen LogP contribution >= 0.6 is 0 Å². The lowest BCUT2D eigenvalue weighted by Gasteiger charge is -2.27. The van der Waals surface area contributed by atoms with Crippen LogP contribution in [-0.2, 0) is 11.2 Å². The van der Waals surface area contributed by atoms with Gasteiger partial charge in [-0.3, -0.25) is 4.79 Å². The van der Waals surface area contributed by atoms with E-state index in [4.69, 9.17) is 9.84 Å². The lowest BCUT2D eigenvalue weighted by molar-refractivity contribution is -0.0303. The van der Waals surface area contributed by atoms with Crippen LogP contribution in [0.3, 0.4) is 0 Å². The molecule has 4 heteroatoms. The Morgan fingerprint density at radius 1 is 1.13 bits per heavy atom. The normalized spacial score (nSPS) is 14.8. The van der Waals surface area contributed by atoms with Gasteiger partial charge < -0.3 is 4.74 Å². The summed E-state index contributed by atoms with van der Waals surface area (Å²) < 4.78 is 6.84. The fraction of sp³-hybridized carbons (Fsp3) is 0.263. The first kappa shape index (κ1) is 14.2. The molecule has 0 saturated carbocycles. The van der Waals surface area contributed by atoms with Gasteiger partial charge in [-0.15, -0.1) is 0 Å². The van der Waals surface area contributed by atoms with Crippen LogP contribution in [0.2, 0.25) is 0 Å². The van der Waals surface area contributed by atoms with Gasteiger partial charge in [0.2, 0.25) is 0 Å². The topological polar surface area (TPSA) is 44.1 Å². The molecule has 2 heterocycles. The van der Waals surface area contributed by atoms with Crippen LogP contribution in [0.1, 0.15) is 18.5 Å². The van der Waals surface area contributed by atoms with Crippen molar-refractivity contribution in [3.8, 4) is 11.3 Å². The lowest BCUT2D eigenvalue weighted by atomic mass is 10.0. The van der Waals surface area contributed by atoms with Gasteiger partial charge in [0.15, 0.2) is 0 Å². The van der Waals surface area contributed by atoms with Gasteiger partial charge in [0.05, 0.1) is 24.3 Å². The summed E-state index contributed by atoms with van der Waals surface area (Å²) in [5.41, 5.74) is 3.14. The van der Waals surface area contributed by atoms with Crippen LogP contribution in [0.4, 0.5) is 0 Å². The molecule has 0 bridgehead atoms. The minimum atomic E-state index is -0.0377. The Morgan fingerprint density at radius 2 is 1.91 bits per heavy atom. The Balaban J connectivity index is 2.00. The summed E-state index contributed by atoms with van der Waals surface area (Å²) in [5.74, 6) is 0. The van der Waals surface area contributed by atoms with Crippen molar-refractivity contribution in [2.45, 2.75) is 19.4 Å². The van der Waals surface area contributed by atoms with Crippen LogP contribution in [0.25, 0.3) is 22.0 Å². The Bertz CT molecular complexity index is 926. The van der Waals surface area contributed by atoms with Crippen molar-refractivity contribution in [1.82, 2.24) is 9.78 Å². The third-order valence-electron chi connectivity index (χ3n) is 4.40. The number of fused-ring (bicyclic) bond motifs is 1. The summed E-state index contributed by atoms with van der Waals surface area (Å²) in [6, 6.07) is 16.1. The van der Waals surface area contributed by atoms with Crippen LogP contribution < -0.4 is 5.56 Å². The van der Waals surface area contributed by atoms with E-state index in [9.17, 15) is 4.79 Å². The number of hydrogen-bond donors (Lipinski definition) is 0. The number of rotatable bonds is 3. The van der Waals surface area contributed by atoms with E-state index in [1.165, 1.54) is 5.56 Å². The standard InChI is InChI=1S/C19H18N2O2/c1-2-13-6-5-7-14(10-13)18-16-8-3-4-9-17(16)19(22)21(20-18)15-11-23-12-15/h3-10,15H,2,11-12H2,1H3. The maximum Gasteiger partial charge on any atom is 0.275 e. The molecule has 23 heavy (non-hydrogen) atoms. The molecule has 0 aliphatic carbocycles. The predicted molar refractivity (Wildman–Crippen MR) is 90.7 cm³/mol. The Morgan fingerprint density at radius 3 is 2.61 bits per heavy atom. The number of nitrogens with zero attached hydrogens (tertiary/aromatic N) is 2. The van der Waals surface area contributed by atoms with Crippen molar-refractivity contribution < 1.29 is 4.74 Å². The van der Waals surface area contributed by atoms with Crippen LogP contribution in [-0.4, -0.2) is 23.0 Å². The number of hydrogen-bond acceptors (Lipinski definition) is 3. The molecular formula is C19H18N2O2. The van der Waals surface area contributed by atoms with Crippen molar-refractivity contribution in [2.75, 3.05) is 13.2 Å². The first-order valence-electron chi connectivity index (χ1n) is 7.96. The highest BCUT2D eigenvalue weighted by atomic mass is 16.5. The molecule has 1 aliphatic heterocycles. The highest BCUT2D eigenvalue weighted by Gasteiger charge is 2.24. The van der Waals surface area contributed by atoms with E-state index in [-0.39, 0.29) is 11.6 Å². The first-order valence-corrected chi connectivity index (χ1v) is 7.96. The van der Waals surface area contributed by atoms with Gasteiger partial charge in [-0.05, 0) is 24.1 Å². The molecular weight excluding hydrogens is 288 g/mol. The number of aromatic nitrogens is 2. The molecule has 116 valence electrons. The molecule has 1 aliphatic rings. The number of aryl methyl sites for hydroxylation is 1. The van der Waals surface area contributed by atoms with E-state index in [0.29, 0.717) is 18.6 Å². The van der Waals surface area contributed by atoms with Gasteiger partial charge >= 0.3 is 0 Å². The molecule has 3 aromatic rings. The summed E-state index contributed by atoms with van der Waals surface area (Å²) in [7, 11) is 0. The maximum absolute atomic E-state index is 12.7. The van der Waals surface area contributed by atoms with Gasteiger partial charge in [-0.2, -0.15) is 5.10 Å². The van der Waals surface area contributed by atoms with E-state index in [0.717, 1.165) is 23.1 Å². The second-order valence-corrected chi connectivity index (χ2v) is 5.89. The van der Waals surface area contributed by atoms with Crippen LogP contribution in [0.15, 0.2) is 53.3 Å². The zero-order valence-electron chi connectivity index (χ0n) is 13.0. The van der Waals surface area contributed by atoms with Gasteiger partial charge in [0, 0.05) is 10.9 Å². The van der Waals surface area contributed by atoms with Crippen molar-refractivity contribution in [3.05, 3.63) is 64.4 Å². The molecule has 0 atom stereocenters. The molecule has 2 aromatic carbocycles. The molecule has 1 saturated heterocycles. The maximum atomic E-state index is 12.7. The number of benzene rings is 2. The van der Waals surface area contributed by atoms with Crippen molar-refractivity contribution >= 4 is 10.8 Å². The molecule has 4 rings (SSSR count). The Labute approximate surface area is 134 Å². The predicted octanol–water partition coefficient (Wildman–Crippen LogP) is 3.20. The summed E-state index contributed by atoms with van der Waals surface area (Å²) in [6.07, 6.45) is 0.974. The molecule has 0 amide bonds. The van der Waals surface area contributed by atoms with Crippen molar-refractivity contribution in [3.63, 3.8) is 0 Å². The highest BCUT2D eigenvalue weighted by molar-refractivity contribution is 5.93. The van der Waals surface area contributed by atoms with Crippen LogP contribution in [0.5, 0.6) is 0 Å². The minimum Gasteiger partial charge on any atom is -0.377 e. The lowest BCUT2D eigenvalue weighted by Crippen LogP contribution is -2.39. The molecule has 1 aromatic heterocycles. The third kappa shape index (κ3) is 2.35. The van der Waals surface area contributed by atoms with Crippen molar-refractivity contribution in [1.29, 1.82) is 0 Å². The summed E-state index contributed by atoms with van der Waals surface area (Å²) in [6.45, 7) is 3.25. The SMILES string of the molecule is CCc1cccc(-c2nn(C3COC3)c(=O)c3ccccc23)c1. The second-order valence-electron chi connectivity index (χ2n) is 5.89. The van der Waals surface area contributed by atoms with Crippen LogP contribution in [0, 0.1) is 0 Å². The third-order valence-corrected chi connectivity index (χ3v) is 4.40. The average molecular weight is 306 g/mol. The van der Waals surface area contributed by atoms with Gasteiger partial charge in [0.25, 0.3) is 5.56 Å². The number of ether oxygens (including phenoxy) is 1. The fourth-order valence-corrected chi connectivity index (χ4v) is 2.97. The summed E-state index contributed by atoms with van der Waals surface area (Å²) in [5, 5.41) is 6.31. The average Bonchev–Trinajstić information content (AvgIpc) is 2.56. The van der Waals surface area contributed by atoms with E-state index < -0.39 is 0 Å². The van der Waals surface area contributed by atoms with E-state index in [2.05, 4.69) is 25.1 Å². The summed E-state index contributed by atoms with van der Waals surface area (Å²) in [4.78, 5) is 12.7. The summed E-state index contributed by atoms with van der Waals surface area (Å²) >= 11 is 0. The zero-order valence-corrected chi connectivity index (χ0v) is 13.0. The van der Waals surface area contributed by atoms with E-state index in [1.54, 1.807) is 4.68 Å².